The van der Waals surface area contributed by atoms with Gasteiger partial charge in [0.15, 0.2) is 0 Å². The SMILES string of the molecule is COc1cccc([C@@H]2C(C#N)=C(N)Oc3c2cc(Cl)c2ccccc32)c1. The van der Waals surface area contributed by atoms with Crippen molar-refractivity contribution in [2.75, 3.05) is 7.11 Å². The van der Waals surface area contributed by atoms with E-state index in [-0.39, 0.29) is 11.8 Å². The molecule has 0 saturated carbocycles. The summed E-state index contributed by atoms with van der Waals surface area (Å²) in [6.45, 7) is 0. The largest absolute Gasteiger partial charge is 0.497 e. The van der Waals surface area contributed by atoms with E-state index in [4.69, 9.17) is 26.8 Å². The number of nitrogens with two attached hydrogens (primary N) is 1. The summed E-state index contributed by atoms with van der Waals surface area (Å²) in [6.07, 6.45) is 0. The second kappa shape index (κ2) is 6.29. The van der Waals surface area contributed by atoms with E-state index in [2.05, 4.69) is 6.07 Å². The van der Waals surface area contributed by atoms with E-state index in [9.17, 15) is 5.26 Å². The van der Waals surface area contributed by atoms with Gasteiger partial charge in [0.05, 0.1) is 13.0 Å². The molecule has 3 aromatic rings. The molecule has 2 N–H and O–H groups in total. The Morgan fingerprint density at radius 2 is 1.88 bits per heavy atom. The van der Waals surface area contributed by atoms with Crippen LogP contribution < -0.4 is 15.2 Å². The average molecular weight is 363 g/mol. The summed E-state index contributed by atoms with van der Waals surface area (Å²) < 4.78 is 11.2. The van der Waals surface area contributed by atoms with Crippen LogP contribution in [0.25, 0.3) is 10.8 Å². The maximum absolute atomic E-state index is 9.70. The van der Waals surface area contributed by atoms with Gasteiger partial charge in [0.25, 0.3) is 0 Å². The molecule has 1 aliphatic rings. The Balaban J connectivity index is 2.04. The number of hydrogen-bond donors (Lipinski definition) is 1. The Kier molecular flexibility index (Phi) is 3.95. The zero-order valence-corrected chi connectivity index (χ0v) is 14.7. The summed E-state index contributed by atoms with van der Waals surface area (Å²) in [4.78, 5) is 0. The van der Waals surface area contributed by atoms with Gasteiger partial charge >= 0.3 is 0 Å². The standard InChI is InChI=1S/C21H15ClN2O2/c1-25-13-6-4-5-12(9-13)19-16-10-18(22)14-7-2-3-8-15(14)20(16)26-21(24)17(19)11-23/h2-10,19H,24H2,1H3/t19-/m0/s1. The number of halogens is 1. The van der Waals surface area contributed by atoms with Crippen molar-refractivity contribution in [2.24, 2.45) is 5.73 Å². The first-order valence-corrected chi connectivity index (χ1v) is 8.44. The zero-order valence-electron chi connectivity index (χ0n) is 14.0. The maximum atomic E-state index is 9.70. The minimum absolute atomic E-state index is 0.111. The van der Waals surface area contributed by atoms with Crippen LogP contribution in [0.3, 0.4) is 0 Å². The van der Waals surface area contributed by atoms with Crippen LogP contribution in [0.2, 0.25) is 5.02 Å². The summed E-state index contributed by atoms with van der Waals surface area (Å²) in [5, 5.41) is 12.0. The summed E-state index contributed by atoms with van der Waals surface area (Å²) in [7, 11) is 1.61. The van der Waals surface area contributed by atoms with Crippen molar-refractivity contribution >= 4 is 22.4 Å². The molecule has 4 rings (SSSR count). The highest BCUT2D eigenvalue weighted by Gasteiger charge is 2.32. The van der Waals surface area contributed by atoms with E-state index in [0.29, 0.717) is 22.1 Å². The molecule has 0 aliphatic carbocycles. The zero-order chi connectivity index (χ0) is 18.3. The van der Waals surface area contributed by atoms with Gasteiger partial charge in [-0.3, -0.25) is 0 Å². The van der Waals surface area contributed by atoms with Crippen LogP contribution in [0, 0.1) is 11.3 Å². The Bertz CT molecular complexity index is 1100. The fourth-order valence-corrected chi connectivity index (χ4v) is 3.69. The van der Waals surface area contributed by atoms with Crippen LogP contribution >= 0.6 is 11.6 Å². The number of nitrogens with zero attached hydrogens (tertiary/aromatic N) is 1. The molecule has 3 aromatic carbocycles. The second-order valence-corrected chi connectivity index (χ2v) is 6.43. The molecule has 5 heteroatoms. The molecule has 0 saturated heterocycles. The smallest absolute Gasteiger partial charge is 0.205 e. The fraction of sp³-hybridized carbons (Fsp3) is 0.0952. The lowest BCUT2D eigenvalue weighted by Gasteiger charge is -2.28. The third kappa shape index (κ3) is 2.45. The molecule has 0 spiro atoms. The molecular weight excluding hydrogens is 348 g/mol. The maximum Gasteiger partial charge on any atom is 0.205 e. The highest BCUT2D eigenvalue weighted by Crippen LogP contribution is 2.47. The first-order chi connectivity index (χ1) is 12.6. The molecule has 1 atom stereocenters. The predicted octanol–water partition coefficient (Wildman–Crippen LogP) is 4.72. The highest BCUT2D eigenvalue weighted by molar-refractivity contribution is 6.36. The van der Waals surface area contributed by atoms with E-state index in [0.717, 1.165) is 21.9 Å². The van der Waals surface area contributed by atoms with Crippen molar-refractivity contribution in [2.45, 2.75) is 5.92 Å². The summed E-state index contributed by atoms with van der Waals surface area (Å²) in [6, 6.07) is 19.3. The van der Waals surface area contributed by atoms with E-state index in [1.807, 2.05) is 54.6 Å². The lowest BCUT2D eigenvalue weighted by atomic mass is 9.82. The first kappa shape index (κ1) is 16.3. The monoisotopic (exact) mass is 362 g/mol. The van der Waals surface area contributed by atoms with Crippen molar-refractivity contribution in [3.05, 3.63) is 82.2 Å². The fourth-order valence-electron chi connectivity index (χ4n) is 3.40. The van der Waals surface area contributed by atoms with Crippen molar-refractivity contribution in [1.29, 1.82) is 5.26 Å². The average Bonchev–Trinajstić information content (AvgIpc) is 2.68. The summed E-state index contributed by atoms with van der Waals surface area (Å²) >= 11 is 6.52. The van der Waals surface area contributed by atoms with E-state index < -0.39 is 0 Å². The summed E-state index contributed by atoms with van der Waals surface area (Å²) in [5.41, 5.74) is 8.16. The molecule has 128 valence electrons. The van der Waals surface area contributed by atoms with Gasteiger partial charge in [-0.15, -0.1) is 0 Å². The number of fused-ring (bicyclic) bond motifs is 3. The number of ether oxygens (including phenoxy) is 2. The van der Waals surface area contributed by atoms with Crippen molar-refractivity contribution < 1.29 is 9.47 Å². The van der Waals surface area contributed by atoms with Gasteiger partial charge < -0.3 is 15.2 Å². The Hall–Kier alpha value is -3.16. The highest BCUT2D eigenvalue weighted by atomic mass is 35.5. The van der Waals surface area contributed by atoms with Gasteiger partial charge in [-0.2, -0.15) is 5.26 Å². The molecular formula is C21H15ClN2O2. The molecule has 0 unspecified atom stereocenters. The van der Waals surface area contributed by atoms with E-state index in [1.54, 1.807) is 7.11 Å². The lowest BCUT2D eigenvalue weighted by Crippen LogP contribution is -2.21. The molecule has 0 bridgehead atoms. The molecule has 4 nitrogen and oxygen atoms in total. The number of hydrogen-bond acceptors (Lipinski definition) is 4. The van der Waals surface area contributed by atoms with Crippen molar-refractivity contribution in [3.63, 3.8) is 0 Å². The first-order valence-electron chi connectivity index (χ1n) is 8.06. The lowest BCUT2D eigenvalue weighted by molar-refractivity contribution is 0.397. The van der Waals surface area contributed by atoms with Crippen LogP contribution in [0.4, 0.5) is 0 Å². The third-order valence-electron chi connectivity index (χ3n) is 4.60. The van der Waals surface area contributed by atoms with Gasteiger partial charge in [-0.05, 0) is 23.8 Å². The minimum atomic E-state index is -0.374. The van der Waals surface area contributed by atoms with Crippen LogP contribution in [-0.2, 0) is 0 Å². The molecule has 26 heavy (non-hydrogen) atoms. The van der Waals surface area contributed by atoms with Crippen LogP contribution in [0.15, 0.2) is 66.1 Å². The van der Waals surface area contributed by atoms with Crippen molar-refractivity contribution in [3.8, 4) is 17.6 Å². The third-order valence-corrected chi connectivity index (χ3v) is 4.91. The normalized spacial score (nSPS) is 16.0. The number of allylic oxidation sites excluding steroid dienone is 1. The Labute approximate surface area is 156 Å². The van der Waals surface area contributed by atoms with Gasteiger partial charge in [-0.1, -0.05) is 48.0 Å². The van der Waals surface area contributed by atoms with Crippen LogP contribution in [0.5, 0.6) is 11.5 Å². The number of benzene rings is 3. The Morgan fingerprint density at radius 1 is 1.12 bits per heavy atom. The topological polar surface area (TPSA) is 68.3 Å². The molecule has 0 radical (unpaired) electrons. The van der Waals surface area contributed by atoms with Gasteiger partial charge in [0, 0.05) is 21.4 Å². The molecule has 0 amide bonds. The molecule has 1 heterocycles. The van der Waals surface area contributed by atoms with Gasteiger partial charge in [0.1, 0.15) is 23.1 Å². The Morgan fingerprint density at radius 3 is 2.62 bits per heavy atom. The molecule has 0 fully saturated rings. The number of methoxy groups -OCH3 is 1. The molecule has 1 aliphatic heterocycles. The van der Waals surface area contributed by atoms with Gasteiger partial charge in [-0.25, -0.2) is 0 Å². The van der Waals surface area contributed by atoms with Crippen molar-refractivity contribution in [1.82, 2.24) is 0 Å². The van der Waals surface area contributed by atoms with E-state index in [1.165, 1.54) is 0 Å². The second-order valence-electron chi connectivity index (χ2n) is 6.02. The summed E-state index contributed by atoms with van der Waals surface area (Å²) in [5.74, 6) is 1.08. The van der Waals surface area contributed by atoms with Crippen LogP contribution in [0.1, 0.15) is 17.0 Å². The molecule has 0 aromatic heterocycles. The number of rotatable bonds is 2. The predicted molar refractivity (Wildman–Crippen MR) is 101 cm³/mol. The quantitative estimate of drug-likeness (QED) is 0.716. The number of nitriles is 1. The minimum Gasteiger partial charge on any atom is -0.497 e. The van der Waals surface area contributed by atoms with Gasteiger partial charge in [0.2, 0.25) is 5.88 Å². The van der Waals surface area contributed by atoms with Crippen LogP contribution in [-0.4, -0.2) is 7.11 Å². The van der Waals surface area contributed by atoms with E-state index >= 15 is 0 Å².